The van der Waals surface area contributed by atoms with Crippen molar-refractivity contribution in [2.75, 3.05) is 21.3 Å². The van der Waals surface area contributed by atoms with Gasteiger partial charge in [0.05, 0.1) is 14.2 Å². The zero-order chi connectivity index (χ0) is 12.6. The first-order valence-corrected chi connectivity index (χ1v) is 5.97. The van der Waals surface area contributed by atoms with Crippen LogP contribution in [-0.2, 0) is 6.42 Å². The van der Waals surface area contributed by atoms with Gasteiger partial charge in [0.2, 0.25) is 0 Å². The van der Waals surface area contributed by atoms with Crippen LogP contribution in [0, 0.1) is 6.07 Å². The van der Waals surface area contributed by atoms with Crippen LogP contribution in [0.25, 0.3) is 0 Å². The maximum absolute atomic E-state index is 5.48. The summed E-state index contributed by atoms with van der Waals surface area (Å²) in [7, 11) is 5.53. The Hall–Kier alpha value is 0.0262. The average molecular weight is 339 g/mol. The van der Waals surface area contributed by atoms with Crippen molar-refractivity contribution < 1.29 is 26.5 Å². The van der Waals surface area contributed by atoms with E-state index in [1.165, 1.54) is 11.1 Å². The molecule has 0 aromatic heterocycles. The third-order valence-corrected chi connectivity index (χ3v) is 3.79. The number of methoxy groups -OCH3 is 2. The fourth-order valence-electron chi connectivity index (χ4n) is 2.52. The molecule has 1 aromatic rings. The molecule has 1 aromatic carbocycles. The molecule has 2 rings (SSSR count). The van der Waals surface area contributed by atoms with Crippen molar-refractivity contribution in [3.8, 4) is 11.5 Å². The minimum absolute atomic E-state index is 0. The van der Waals surface area contributed by atoms with Gasteiger partial charge < -0.3 is 31.4 Å². The molecule has 0 aliphatic carbocycles. The Bertz CT molecular complexity index is 428. The predicted octanol–water partition coefficient (Wildman–Crippen LogP) is -0.935. The number of hydrogen-bond acceptors (Lipinski definition) is 3. The fourth-order valence-corrected chi connectivity index (χ4v) is 2.52. The van der Waals surface area contributed by atoms with Crippen LogP contribution in [0.4, 0.5) is 0 Å². The number of halogens is 1. The van der Waals surface area contributed by atoms with Gasteiger partial charge in [-0.05, 0) is 26.4 Å². The Labute approximate surface area is 142 Å². The van der Waals surface area contributed by atoms with Crippen molar-refractivity contribution in [1.29, 1.82) is 0 Å². The zero-order valence-electron chi connectivity index (χ0n) is 12.3. The summed E-state index contributed by atoms with van der Waals surface area (Å²) in [5.41, 5.74) is 2.47. The summed E-state index contributed by atoms with van der Waals surface area (Å²) in [6.45, 7) is 4.44. The minimum Gasteiger partial charge on any atom is -1.00 e. The van der Waals surface area contributed by atoms with Crippen molar-refractivity contribution in [1.82, 2.24) is 4.90 Å². The summed E-state index contributed by atoms with van der Waals surface area (Å²) < 4.78 is 10.8. The van der Waals surface area contributed by atoms with E-state index in [1.807, 2.05) is 6.07 Å². The molecule has 1 aliphatic heterocycles. The van der Waals surface area contributed by atoms with Crippen LogP contribution >= 0.6 is 0 Å². The smallest absolute Gasteiger partial charge is 1.00 e. The van der Waals surface area contributed by atoms with Gasteiger partial charge in [-0.3, -0.25) is 0 Å². The van der Waals surface area contributed by atoms with Gasteiger partial charge in [-0.15, -0.1) is 11.6 Å². The molecule has 0 saturated carbocycles. The number of rotatable bonds is 2. The van der Waals surface area contributed by atoms with E-state index in [9.17, 15) is 0 Å². The summed E-state index contributed by atoms with van der Waals surface area (Å²) in [5, 5.41) is 0. The first-order chi connectivity index (χ1) is 8.08. The van der Waals surface area contributed by atoms with Crippen LogP contribution in [0.1, 0.15) is 31.0 Å². The van der Waals surface area contributed by atoms with E-state index in [1.54, 1.807) is 14.2 Å². The van der Waals surface area contributed by atoms with E-state index in [4.69, 9.17) is 9.47 Å². The van der Waals surface area contributed by atoms with E-state index in [0.717, 1.165) is 17.9 Å². The van der Waals surface area contributed by atoms with Gasteiger partial charge in [-0.25, -0.2) is 0 Å². The molecule has 0 unspecified atom stereocenters. The number of nitrogens with zero attached hydrogens (tertiary/aromatic N) is 1. The largest absolute Gasteiger partial charge is 2.00 e. The molecular weight excluding hydrogens is 318 g/mol. The number of benzene rings is 1. The van der Waals surface area contributed by atoms with Crippen LogP contribution in [0.2, 0.25) is 0 Å². The Balaban J connectivity index is 0.00000162. The van der Waals surface area contributed by atoms with Crippen molar-refractivity contribution in [2.45, 2.75) is 32.4 Å². The van der Waals surface area contributed by atoms with Gasteiger partial charge in [-0.2, -0.15) is 0 Å². The molecule has 0 saturated heterocycles. The summed E-state index contributed by atoms with van der Waals surface area (Å²) in [6.07, 6.45) is 0.990. The van der Waals surface area contributed by atoms with Crippen molar-refractivity contribution in [3.05, 3.63) is 23.3 Å². The predicted molar refractivity (Wildman–Crippen MR) is 73.5 cm³/mol. The molecule has 19 heavy (non-hydrogen) atoms. The normalized spacial score (nSPS) is 21.7. The molecule has 2 atom stereocenters. The summed E-state index contributed by atoms with van der Waals surface area (Å²) in [4.78, 5) is 2.37. The van der Waals surface area contributed by atoms with Gasteiger partial charge in [0.15, 0.2) is 0 Å². The van der Waals surface area contributed by atoms with E-state index in [0.29, 0.717) is 12.1 Å². The van der Waals surface area contributed by atoms with Crippen molar-refractivity contribution >= 4 is 23.1 Å². The van der Waals surface area contributed by atoms with Crippen molar-refractivity contribution in [2.24, 2.45) is 0 Å². The standard InChI is InChI=1S/C14H20NO2.BrH.Mg/c1-9-6-11-7-12(16-4)8-13(17-5)14(11)10(2)15(9)3;;/h8-10H,6H2,1-5H3;1H;/q-1;;+2/p-1/t9-,10+;;/m0../s1. The molecule has 1 heterocycles. The number of ether oxygens (including phenoxy) is 2. The van der Waals surface area contributed by atoms with Crippen LogP contribution in [0.5, 0.6) is 11.5 Å². The van der Waals surface area contributed by atoms with Crippen molar-refractivity contribution in [3.63, 3.8) is 0 Å². The number of hydrogen-bond donors (Lipinski definition) is 0. The molecule has 0 N–H and O–H groups in total. The minimum atomic E-state index is 0. The Morgan fingerprint density at radius 1 is 1.26 bits per heavy atom. The third-order valence-electron chi connectivity index (χ3n) is 3.79. The summed E-state index contributed by atoms with van der Waals surface area (Å²) >= 11 is 0. The number of likely N-dealkylation sites (N-methyl/N-ethyl adjacent to an activating group) is 1. The van der Waals surface area contributed by atoms with Crippen LogP contribution in [0.15, 0.2) is 6.07 Å². The van der Waals surface area contributed by atoms with Gasteiger partial charge in [0.1, 0.15) is 0 Å². The van der Waals surface area contributed by atoms with Gasteiger partial charge >= 0.3 is 23.1 Å². The second kappa shape index (κ2) is 7.71. The SMILES string of the molecule is COc1[c-]c2c(c(OC)c1)[C@@H](C)N(C)[C@@H](C)C2.[Br-].[Mg+2]. The molecule has 0 amide bonds. The molecule has 0 spiro atoms. The molecule has 0 fully saturated rings. The van der Waals surface area contributed by atoms with Gasteiger partial charge in [0.25, 0.3) is 0 Å². The van der Waals surface area contributed by atoms with E-state index in [2.05, 4.69) is 31.9 Å². The first-order valence-electron chi connectivity index (χ1n) is 5.97. The Morgan fingerprint density at radius 3 is 2.42 bits per heavy atom. The summed E-state index contributed by atoms with van der Waals surface area (Å²) in [6, 6.07) is 6.13. The topological polar surface area (TPSA) is 21.7 Å². The molecule has 1 aliphatic rings. The Morgan fingerprint density at radius 2 is 1.89 bits per heavy atom. The first kappa shape index (κ1) is 19.0. The third kappa shape index (κ3) is 3.57. The quantitative estimate of drug-likeness (QED) is 0.513. The van der Waals surface area contributed by atoms with Crippen LogP contribution in [-0.4, -0.2) is 55.3 Å². The number of fused-ring (bicyclic) bond motifs is 1. The van der Waals surface area contributed by atoms with E-state index < -0.39 is 0 Å². The Kier molecular flexibility index (Phi) is 7.73. The fraction of sp³-hybridized carbons (Fsp3) is 0.571. The molecule has 0 radical (unpaired) electrons. The van der Waals surface area contributed by atoms with Crippen LogP contribution < -0.4 is 26.5 Å². The molecule has 102 valence electrons. The molecule has 5 heteroatoms. The monoisotopic (exact) mass is 337 g/mol. The van der Waals surface area contributed by atoms with Gasteiger partial charge in [0, 0.05) is 17.5 Å². The van der Waals surface area contributed by atoms with Gasteiger partial charge in [-0.1, -0.05) is 18.6 Å². The van der Waals surface area contributed by atoms with E-state index in [-0.39, 0.29) is 40.0 Å². The molecular formula is C14H20BrMgNO2. The second-order valence-electron chi connectivity index (χ2n) is 4.69. The zero-order valence-corrected chi connectivity index (χ0v) is 15.3. The maximum atomic E-state index is 5.48. The van der Waals surface area contributed by atoms with E-state index >= 15 is 0 Å². The maximum Gasteiger partial charge on any atom is 2.00 e. The molecule has 3 nitrogen and oxygen atoms in total. The second-order valence-corrected chi connectivity index (χ2v) is 4.69. The molecule has 0 bridgehead atoms. The average Bonchev–Trinajstić information content (AvgIpc) is 2.34. The summed E-state index contributed by atoms with van der Waals surface area (Å²) in [5.74, 6) is 1.66. The van der Waals surface area contributed by atoms with Crippen LogP contribution in [0.3, 0.4) is 0 Å².